The summed E-state index contributed by atoms with van der Waals surface area (Å²) in [6.07, 6.45) is 0. The lowest BCUT2D eigenvalue weighted by molar-refractivity contribution is -0.0126. The van der Waals surface area contributed by atoms with Crippen LogP contribution in [-0.2, 0) is 9.47 Å². The molecule has 1 rings (SSSR count). The van der Waals surface area contributed by atoms with Gasteiger partial charge in [0.05, 0.1) is 5.56 Å². The molecule has 1 N–H and O–H groups in total. The van der Waals surface area contributed by atoms with Crippen molar-refractivity contribution < 1.29 is 19.4 Å². The third-order valence-corrected chi connectivity index (χ3v) is 3.10. The van der Waals surface area contributed by atoms with E-state index >= 15 is 0 Å². The molecule has 1 aromatic carbocycles. The van der Waals surface area contributed by atoms with Crippen LogP contribution in [0.1, 0.15) is 32.6 Å². The zero-order chi connectivity index (χ0) is 13.2. The van der Waals surface area contributed by atoms with E-state index in [1.165, 1.54) is 7.11 Å². The van der Waals surface area contributed by atoms with Gasteiger partial charge in [-0.2, -0.15) is 0 Å². The predicted molar refractivity (Wildman–Crippen MR) is 64.3 cm³/mol. The van der Waals surface area contributed by atoms with Crippen molar-refractivity contribution in [2.45, 2.75) is 27.7 Å². The van der Waals surface area contributed by atoms with Crippen LogP contribution in [0.3, 0.4) is 0 Å². The lowest BCUT2D eigenvalue weighted by atomic mass is 9.93. The Morgan fingerprint density at radius 1 is 1.06 bits per heavy atom. The highest BCUT2D eigenvalue weighted by atomic mass is 16.7. The Kier molecular flexibility index (Phi) is 4.12. The highest BCUT2D eigenvalue weighted by molar-refractivity contribution is 5.94. The van der Waals surface area contributed by atoms with Gasteiger partial charge in [0, 0.05) is 7.11 Å². The molecule has 0 saturated heterocycles. The molecule has 0 aromatic heterocycles. The molecule has 0 spiro atoms. The molecule has 0 fully saturated rings. The fourth-order valence-electron chi connectivity index (χ4n) is 1.78. The number of benzene rings is 1. The smallest absolute Gasteiger partial charge is 0.340 e. The molecule has 0 aliphatic carbocycles. The molecule has 0 heterocycles. The molecule has 0 unspecified atom stereocenters. The number of esters is 1. The molecular weight excluding hydrogens is 220 g/mol. The lowest BCUT2D eigenvalue weighted by Crippen LogP contribution is -2.13. The van der Waals surface area contributed by atoms with Crippen LogP contribution >= 0.6 is 0 Å². The van der Waals surface area contributed by atoms with Gasteiger partial charge in [-0.3, -0.25) is 0 Å². The third kappa shape index (κ3) is 2.42. The number of aromatic hydroxyl groups is 1. The van der Waals surface area contributed by atoms with Crippen LogP contribution in [0, 0.1) is 27.7 Å². The first-order valence-electron chi connectivity index (χ1n) is 5.37. The molecule has 0 amide bonds. The summed E-state index contributed by atoms with van der Waals surface area (Å²) in [5.74, 6) is -0.184. The summed E-state index contributed by atoms with van der Waals surface area (Å²) in [5, 5.41) is 9.87. The number of methoxy groups -OCH3 is 1. The van der Waals surface area contributed by atoms with Gasteiger partial charge in [-0.25, -0.2) is 4.79 Å². The fourth-order valence-corrected chi connectivity index (χ4v) is 1.78. The molecule has 0 aliphatic heterocycles. The van der Waals surface area contributed by atoms with Crippen LogP contribution in [0.2, 0.25) is 0 Å². The van der Waals surface area contributed by atoms with Gasteiger partial charge in [0.15, 0.2) is 6.79 Å². The average molecular weight is 238 g/mol. The number of phenols is 1. The summed E-state index contributed by atoms with van der Waals surface area (Å²) in [4.78, 5) is 11.9. The van der Waals surface area contributed by atoms with E-state index in [0.717, 1.165) is 11.1 Å². The maximum Gasteiger partial charge on any atom is 0.340 e. The molecule has 0 bridgehead atoms. The Bertz CT molecular complexity index is 420. The highest BCUT2D eigenvalue weighted by Crippen LogP contribution is 2.31. The topological polar surface area (TPSA) is 55.8 Å². The van der Waals surface area contributed by atoms with Crippen LogP contribution < -0.4 is 0 Å². The number of hydrogen-bond acceptors (Lipinski definition) is 4. The minimum Gasteiger partial charge on any atom is -0.507 e. The second kappa shape index (κ2) is 5.19. The van der Waals surface area contributed by atoms with E-state index < -0.39 is 5.97 Å². The monoisotopic (exact) mass is 238 g/mol. The number of phenolic OH excluding ortho intramolecular Hbond substituents is 1. The van der Waals surface area contributed by atoms with Crippen LogP contribution in [0.25, 0.3) is 0 Å². The lowest BCUT2D eigenvalue weighted by Gasteiger charge is -2.16. The van der Waals surface area contributed by atoms with Crippen molar-refractivity contribution in [1.29, 1.82) is 0 Å². The standard InChI is InChI=1S/C13H18O4/c1-7-9(3)12(14)10(4)8(2)11(7)13(15)17-6-16-5/h14H,6H2,1-5H3. The van der Waals surface area contributed by atoms with Gasteiger partial charge in [-0.1, -0.05) is 0 Å². The Labute approximate surface area is 101 Å². The fraction of sp³-hybridized carbons (Fsp3) is 0.462. The van der Waals surface area contributed by atoms with Crippen LogP contribution in [0.5, 0.6) is 5.75 Å². The van der Waals surface area contributed by atoms with Crippen molar-refractivity contribution in [3.63, 3.8) is 0 Å². The largest absolute Gasteiger partial charge is 0.507 e. The zero-order valence-corrected chi connectivity index (χ0v) is 10.9. The van der Waals surface area contributed by atoms with Gasteiger partial charge in [-0.05, 0) is 49.9 Å². The summed E-state index contributed by atoms with van der Waals surface area (Å²) in [6.45, 7) is 7.08. The summed E-state index contributed by atoms with van der Waals surface area (Å²) in [6, 6.07) is 0. The first kappa shape index (κ1) is 13.5. The first-order valence-corrected chi connectivity index (χ1v) is 5.37. The van der Waals surface area contributed by atoms with E-state index in [1.54, 1.807) is 27.7 Å². The quantitative estimate of drug-likeness (QED) is 0.649. The number of hydrogen-bond donors (Lipinski definition) is 1. The van der Waals surface area contributed by atoms with Crippen molar-refractivity contribution >= 4 is 5.97 Å². The molecule has 0 saturated carbocycles. The van der Waals surface area contributed by atoms with E-state index in [4.69, 9.17) is 9.47 Å². The molecule has 17 heavy (non-hydrogen) atoms. The Hall–Kier alpha value is -1.55. The van der Waals surface area contributed by atoms with E-state index in [1.807, 2.05) is 0 Å². The van der Waals surface area contributed by atoms with E-state index in [-0.39, 0.29) is 12.5 Å². The van der Waals surface area contributed by atoms with Gasteiger partial charge in [0.25, 0.3) is 0 Å². The highest BCUT2D eigenvalue weighted by Gasteiger charge is 2.20. The summed E-state index contributed by atoms with van der Waals surface area (Å²) in [7, 11) is 1.46. The van der Waals surface area contributed by atoms with Crippen molar-refractivity contribution in [1.82, 2.24) is 0 Å². The second-order valence-electron chi connectivity index (χ2n) is 4.06. The Morgan fingerprint density at radius 2 is 1.53 bits per heavy atom. The van der Waals surface area contributed by atoms with E-state index in [9.17, 15) is 9.90 Å². The van der Waals surface area contributed by atoms with Gasteiger partial charge in [-0.15, -0.1) is 0 Å². The number of carbonyl (C=O) groups is 1. The van der Waals surface area contributed by atoms with Crippen LogP contribution in [0.15, 0.2) is 0 Å². The molecule has 4 heteroatoms. The summed E-state index contributed by atoms with van der Waals surface area (Å²) >= 11 is 0. The van der Waals surface area contributed by atoms with Crippen LogP contribution in [0.4, 0.5) is 0 Å². The van der Waals surface area contributed by atoms with Gasteiger partial charge in [0.2, 0.25) is 0 Å². The third-order valence-electron chi connectivity index (χ3n) is 3.10. The maximum atomic E-state index is 11.9. The zero-order valence-electron chi connectivity index (χ0n) is 10.9. The molecule has 0 aliphatic rings. The van der Waals surface area contributed by atoms with E-state index in [0.29, 0.717) is 16.7 Å². The maximum absolute atomic E-state index is 11.9. The molecule has 1 aromatic rings. The minimum absolute atomic E-state index is 0.0727. The first-order chi connectivity index (χ1) is 7.91. The number of ether oxygens (including phenoxy) is 2. The van der Waals surface area contributed by atoms with Crippen molar-refractivity contribution in [2.75, 3.05) is 13.9 Å². The number of rotatable bonds is 3. The Balaban J connectivity index is 3.29. The minimum atomic E-state index is -0.423. The van der Waals surface area contributed by atoms with E-state index in [2.05, 4.69) is 0 Å². The number of carbonyl (C=O) groups excluding carboxylic acids is 1. The normalized spacial score (nSPS) is 10.4. The molecule has 0 atom stereocenters. The van der Waals surface area contributed by atoms with Crippen LogP contribution in [-0.4, -0.2) is 25.0 Å². The molecule has 4 nitrogen and oxygen atoms in total. The van der Waals surface area contributed by atoms with Gasteiger partial charge >= 0.3 is 5.97 Å². The van der Waals surface area contributed by atoms with Crippen molar-refractivity contribution in [2.24, 2.45) is 0 Å². The second-order valence-corrected chi connectivity index (χ2v) is 4.06. The molecule has 94 valence electrons. The Morgan fingerprint density at radius 3 is 1.94 bits per heavy atom. The predicted octanol–water partition coefficient (Wildman–Crippen LogP) is 2.39. The molecular formula is C13H18O4. The van der Waals surface area contributed by atoms with Gasteiger partial charge in [0.1, 0.15) is 5.75 Å². The van der Waals surface area contributed by atoms with Crippen molar-refractivity contribution in [3.05, 3.63) is 27.8 Å². The molecule has 0 radical (unpaired) electrons. The summed E-state index contributed by atoms with van der Waals surface area (Å²) < 4.78 is 9.65. The van der Waals surface area contributed by atoms with Crippen molar-refractivity contribution in [3.8, 4) is 5.75 Å². The SMILES string of the molecule is COCOC(=O)c1c(C)c(C)c(O)c(C)c1C. The van der Waals surface area contributed by atoms with Gasteiger partial charge < -0.3 is 14.6 Å². The summed E-state index contributed by atoms with van der Waals surface area (Å²) in [5.41, 5.74) is 3.41. The average Bonchev–Trinajstić information content (AvgIpc) is 2.31.